The summed E-state index contributed by atoms with van der Waals surface area (Å²) < 4.78 is 6.77. The van der Waals surface area contributed by atoms with Crippen molar-refractivity contribution in [1.82, 2.24) is 30.8 Å². The van der Waals surface area contributed by atoms with Crippen LogP contribution in [0, 0.1) is 6.92 Å². The average molecular weight is 318 g/mol. The molecule has 0 bridgehead atoms. The van der Waals surface area contributed by atoms with Crippen LogP contribution in [0.1, 0.15) is 47.6 Å². The first-order valence-corrected chi connectivity index (χ1v) is 8.04. The van der Waals surface area contributed by atoms with Crippen LogP contribution >= 0.6 is 0 Å². The summed E-state index contributed by atoms with van der Waals surface area (Å²) in [5, 5.41) is 18.0. The molecule has 0 saturated carbocycles. The number of aryl methyl sites for hydroxylation is 2. The third-order valence-electron chi connectivity index (χ3n) is 3.99. The maximum atomic E-state index is 12.0. The van der Waals surface area contributed by atoms with Gasteiger partial charge >= 0.3 is 0 Å². The van der Waals surface area contributed by atoms with Gasteiger partial charge in [0.25, 0.3) is 5.91 Å². The molecule has 3 rings (SSSR count). The second-order valence-corrected chi connectivity index (χ2v) is 5.92. The second kappa shape index (κ2) is 7.36. The number of piperidine rings is 1. The van der Waals surface area contributed by atoms with Gasteiger partial charge in [0.15, 0.2) is 11.5 Å². The topological polar surface area (TPSA) is 97.9 Å². The molecule has 0 unspecified atom stereocenters. The fraction of sp³-hybridized carbons (Fsp3) is 0.600. The van der Waals surface area contributed by atoms with E-state index in [0.717, 1.165) is 25.2 Å². The Morgan fingerprint density at radius 3 is 3.17 bits per heavy atom. The summed E-state index contributed by atoms with van der Waals surface area (Å²) in [7, 11) is 0. The minimum Gasteiger partial charge on any atom is -0.359 e. The molecule has 2 N–H and O–H groups in total. The van der Waals surface area contributed by atoms with Crippen molar-refractivity contribution in [2.45, 2.75) is 51.7 Å². The van der Waals surface area contributed by atoms with Crippen LogP contribution < -0.4 is 10.6 Å². The van der Waals surface area contributed by atoms with Gasteiger partial charge in [-0.05, 0) is 32.7 Å². The van der Waals surface area contributed by atoms with Gasteiger partial charge in [0.05, 0.1) is 18.4 Å². The lowest BCUT2D eigenvalue weighted by Crippen LogP contribution is -2.34. The molecule has 0 aromatic carbocycles. The predicted octanol–water partition coefficient (Wildman–Crippen LogP) is 1.04. The van der Waals surface area contributed by atoms with E-state index in [4.69, 9.17) is 4.52 Å². The number of carbonyl (C=O) groups is 1. The average Bonchev–Trinajstić information content (AvgIpc) is 3.21. The van der Waals surface area contributed by atoms with Crippen molar-refractivity contribution in [3.63, 3.8) is 0 Å². The summed E-state index contributed by atoms with van der Waals surface area (Å²) in [6.45, 7) is 3.98. The highest BCUT2D eigenvalue weighted by Crippen LogP contribution is 2.11. The molecular weight excluding hydrogens is 296 g/mol. The van der Waals surface area contributed by atoms with Crippen molar-refractivity contribution < 1.29 is 9.32 Å². The minimum absolute atomic E-state index is 0.263. The zero-order valence-corrected chi connectivity index (χ0v) is 13.3. The van der Waals surface area contributed by atoms with E-state index in [1.165, 1.54) is 19.3 Å². The van der Waals surface area contributed by atoms with Crippen LogP contribution in [0.15, 0.2) is 16.8 Å². The second-order valence-electron chi connectivity index (χ2n) is 5.92. The number of hydrogen-bond donors (Lipinski definition) is 2. The van der Waals surface area contributed by atoms with Gasteiger partial charge in [-0.3, -0.25) is 9.48 Å². The van der Waals surface area contributed by atoms with Gasteiger partial charge in [0.2, 0.25) is 0 Å². The minimum atomic E-state index is -0.263. The normalized spacial score (nSPS) is 18.0. The maximum absolute atomic E-state index is 12.0. The molecular formula is C15H22N6O2. The smallest absolute Gasteiger partial charge is 0.273 e. The van der Waals surface area contributed by atoms with E-state index in [0.29, 0.717) is 24.0 Å². The lowest BCUT2D eigenvalue weighted by molar-refractivity contribution is 0.0942. The first kappa shape index (κ1) is 15.7. The van der Waals surface area contributed by atoms with Crippen molar-refractivity contribution >= 4 is 5.91 Å². The maximum Gasteiger partial charge on any atom is 0.273 e. The largest absolute Gasteiger partial charge is 0.359 e. The third-order valence-corrected chi connectivity index (χ3v) is 3.99. The van der Waals surface area contributed by atoms with Gasteiger partial charge < -0.3 is 15.2 Å². The summed E-state index contributed by atoms with van der Waals surface area (Å²) in [6, 6.07) is 2.33. The van der Waals surface area contributed by atoms with Crippen molar-refractivity contribution in [1.29, 1.82) is 0 Å². The number of hydrogen-bond acceptors (Lipinski definition) is 6. The van der Waals surface area contributed by atoms with Gasteiger partial charge in [-0.2, -0.15) is 0 Å². The van der Waals surface area contributed by atoms with Crippen molar-refractivity contribution in [2.24, 2.45) is 0 Å². The molecule has 8 heteroatoms. The zero-order valence-electron chi connectivity index (χ0n) is 13.3. The van der Waals surface area contributed by atoms with Crippen LogP contribution in [0.2, 0.25) is 0 Å². The van der Waals surface area contributed by atoms with Gasteiger partial charge in [-0.15, -0.1) is 5.10 Å². The first-order chi connectivity index (χ1) is 11.2. The molecule has 124 valence electrons. The van der Waals surface area contributed by atoms with E-state index in [1.807, 2.05) is 6.92 Å². The fourth-order valence-electron chi connectivity index (χ4n) is 2.73. The van der Waals surface area contributed by atoms with E-state index in [-0.39, 0.29) is 5.91 Å². The number of nitrogens with zero attached hydrogens (tertiary/aromatic N) is 4. The van der Waals surface area contributed by atoms with Gasteiger partial charge in [-0.25, -0.2) is 0 Å². The highest BCUT2D eigenvalue weighted by molar-refractivity contribution is 5.91. The standard InChI is InChI=1S/C15H22N6O2/c1-11-8-13(23-19-11)9-17-15(22)14-10-21(20-18-14)7-5-12-4-2-3-6-16-12/h8,10,12,16H,2-7,9H2,1H3,(H,17,22)/t12-/m0/s1. The summed E-state index contributed by atoms with van der Waals surface area (Å²) >= 11 is 0. The summed E-state index contributed by atoms with van der Waals surface area (Å²) in [6.07, 6.45) is 6.43. The van der Waals surface area contributed by atoms with Crippen LogP contribution in [0.4, 0.5) is 0 Å². The number of amides is 1. The van der Waals surface area contributed by atoms with Gasteiger partial charge in [0.1, 0.15) is 0 Å². The number of carbonyl (C=O) groups excluding carboxylic acids is 1. The number of rotatable bonds is 6. The van der Waals surface area contributed by atoms with E-state index < -0.39 is 0 Å². The Kier molecular flexibility index (Phi) is 5.02. The molecule has 1 saturated heterocycles. The molecule has 1 aliphatic rings. The monoisotopic (exact) mass is 318 g/mol. The van der Waals surface area contributed by atoms with E-state index >= 15 is 0 Å². The van der Waals surface area contributed by atoms with E-state index in [1.54, 1.807) is 16.9 Å². The molecule has 2 aromatic heterocycles. The highest BCUT2D eigenvalue weighted by Gasteiger charge is 2.14. The molecule has 8 nitrogen and oxygen atoms in total. The molecule has 1 atom stereocenters. The lowest BCUT2D eigenvalue weighted by Gasteiger charge is -2.23. The lowest BCUT2D eigenvalue weighted by atomic mass is 10.0. The van der Waals surface area contributed by atoms with Gasteiger partial charge in [-0.1, -0.05) is 16.8 Å². The highest BCUT2D eigenvalue weighted by atomic mass is 16.5. The Bertz CT molecular complexity index is 644. The fourth-order valence-corrected chi connectivity index (χ4v) is 2.73. The molecule has 2 aromatic rings. The van der Waals surface area contributed by atoms with E-state index in [2.05, 4.69) is 26.1 Å². The molecule has 23 heavy (non-hydrogen) atoms. The van der Waals surface area contributed by atoms with Crippen LogP contribution in [0.5, 0.6) is 0 Å². The predicted molar refractivity (Wildman–Crippen MR) is 82.7 cm³/mol. The van der Waals surface area contributed by atoms with Crippen molar-refractivity contribution in [3.05, 3.63) is 29.4 Å². The van der Waals surface area contributed by atoms with Crippen LogP contribution in [-0.4, -0.2) is 38.6 Å². The molecule has 1 amide bonds. The Morgan fingerprint density at radius 2 is 2.43 bits per heavy atom. The van der Waals surface area contributed by atoms with Crippen LogP contribution in [-0.2, 0) is 13.1 Å². The Balaban J connectivity index is 1.46. The SMILES string of the molecule is Cc1cc(CNC(=O)c2cn(CC[C@@H]3CCCCN3)nn2)on1. The molecule has 1 fully saturated rings. The number of nitrogens with one attached hydrogen (secondary N) is 2. The zero-order chi connectivity index (χ0) is 16.1. The first-order valence-electron chi connectivity index (χ1n) is 8.04. The summed E-state index contributed by atoms with van der Waals surface area (Å²) in [5.74, 6) is 0.354. The van der Waals surface area contributed by atoms with Crippen molar-refractivity contribution in [3.8, 4) is 0 Å². The summed E-state index contributed by atoms with van der Waals surface area (Å²) in [5.41, 5.74) is 1.11. The van der Waals surface area contributed by atoms with Crippen LogP contribution in [0.3, 0.4) is 0 Å². The molecule has 0 aliphatic carbocycles. The quantitative estimate of drug-likeness (QED) is 0.826. The van der Waals surface area contributed by atoms with Gasteiger partial charge in [0, 0.05) is 18.7 Å². The van der Waals surface area contributed by atoms with E-state index in [9.17, 15) is 4.79 Å². The molecule has 0 spiro atoms. The van der Waals surface area contributed by atoms with Crippen molar-refractivity contribution in [2.75, 3.05) is 6.54 Å². The Morgan fingerprint density at radius 1 is 1.52 bits per heavy atom. The Labute approximate surface area is 134 Å². The molecule has 3 heterocycles. The number of aromatic nitrogens is 4. The molecule has 1 aliphatic heterocycles. The third kappa shape index (κ3) is 4.38. The Hall–Kier alpha value is -2.22. The molecule has 0 radical (unpaired) electrons. The summed E-state index contributed by atoms with van der Waals surface area (Å²) in [4.78, 5) is 12.0. The van der Waals surface area contributed by atoms with Crippen LogP contribution in [0.25, 0.3) is 0 Å².